The molecule has 0 aromatic heterocycles. The molecule has 6 nitrogen and oxygen atoms in total. The van der Waals surface area contributed by atoms with Crippen molar-refractivity contribution in [1.82, 2.24) is 15.1 Å². The SMILES string of the molecule is CN1C(=O)CN(Cc2ccc(-c3cc(Cl)c4c(c3)CNC4=O)cc2)C1=O. The van der Waals surface area contributed by atoms with E-state index < -0.39 is 0 Å². The van der Waals surface area contributed by atoms with Gasteiger partial charge in [-0.05, 0) is 34.4 Å². The highest BCUT2D eigenvalue weighted by atomic mass is 35.5. The van der Waals surface area contributed by atoms with Gasteiger partial charge in [-0.15, -0.1) is 0 Å². The van der Waals surface area contributed by atoms with Crippen LogP contribution in [-0.4, -0.2) is 41.2 Å². The van der Waals surface area contributed by atoms with Gasteiger partial charge >= 0.3 is 6.03 Å². The van der Waals surface area contributed by atoms with Crippen LogP contribution in [0.4, 0.5) is 4.79 Å². The third kappa shape index (κ3) is 2.72. The number of benzene rings is 2. The summed E-state index contributed by atoms with van der Waals surface area (Å²) in [6.45, 7) is 0.982. The lowest BCUT2D eigenvalue weighted by molar-refractivity contribution is -0.124. The van der Waals surface area contributed by atoms with Gasteiger partial charge in [-0.25, -0.2) is 4.79 Å². The molecule has 0 spiro atoms. The fourth-order valence-electron chi connectivity index (χ4n) is 3.29. The largest absolute Gasteiger partial charge is 0.348 e. The maximum atomic E-state index is 12.0. The summed E-state index contributed by atoms with van der Waals surface area (Å²) in [5, 5.41) is 3.22. The summed E-state index contributed by atoms with van der Waals surface area (Å²) in [5.41, 5.74) is 4.29. The Labute approximate surface area is 155 Å². The number of nitrogens with zero attached hydrogens (tertiary/aromatic N) is 2. The normalized spacial score (nSPS) is 16.3. The molecule has 26 heavy (non-hydrogen) atoms. The Morgan fingerprint density at radius 1 is 1.08 bits per heavy atom. The van der Waals surface area contributed by atoms with Crippen LogP contribution < -0.4 is 5.32 Å². The van der Waals surface area contributed by atoms with Crippen molar-refractivity contribution in [3.63, 3.8) is 0 Å². The van der Waals surface area contributed by atoms with Gasteiger partial charge < -0.3 is 10.2 Å². The number of hydrogen-bond donors (Lipinski definition) is 1. The highest BCUT2D eigenvalue weighted by Crippen LogP contribution is 2.31. The van der Waals surface area contributed by atoms with E-state index in [-0.39, 0.29) is 24.4 Å². The third-order valence-electron chi connectivity index (χ3n) is 4.76. The van der Waals surface area contributed by atoms with Crippen LogP contribution in [0, 0.1) is 0 Å². The van der Waals surface area contributed by atoms with Crippen molar-refractivity contribution >= 4 is 29.4 Å². The summed E-state index contributed by atoms with van der Waals surface area (Å²) in [7, 11) is 1.49. The molecule has 0 bridgehead atoms. The first kappa shape index (κ1) is 16.6. The average molecular weight is 370 g/mol. The van der Waals surface area contributed by atoms with E-state index in [2.05, 4.69) is 5.32 Å². The zero-order valence-electron chi connectivity index (χ0n) is 14.1. The molecule has 2 aliphatic rings. The van der Waals surface area contributed by atoms with E-state index in [9.17, 15) is 14.4 Å². The Hall–Kier alpha value is -2.86. The molecular weight excluding hydrogens is 354 g/mol. The summed E-state index contributed by atoms with van der Waals surface area (Å²) in [4.78, 5) is 38.0. The van der Waals surface area contributed by atoms with Crippen molar-refractivity contribution in [3.8, 4) is 11.1 Å². The molecule has 0 radical (unpaired) electrons. The molecule has 1 saturated heterocycles. The van der Waals surface area contributed by atoms with E-state index in [0.29, 0.717) is 23.7 Å². The van der Waals surface area contributed by atoms with Crippen molar-refractivity contribution in [1.29, 1.82) is 0 Å². The first-order valence-electron chi connectivity index (χ1n) is 8.19. The smallest absolute Gasteiger partial charge is 0.327 e. The highest BCUT2D eigenvalue weighted by Gasteiger charge is 2.32. The van der Waals surface area contributed by atoms with Gasteiger partial charge in [-0.3, -0.25) is 14.5 Å². The fraction of sp³-hybridized carbons (Fsp3) is 0.211. The molecular formula is C19H16ClN3O3. The summed E-state index contributed by atoms with van der Waals surface area (Å²) >= 11 is 6.27. The van der Waals surface area contributed by atoms with Crippen LogP contribution in [0.25, 0.3) is 11.1 Å². The summed E-state index contributed by atoms with van der Waals surface area (Å²) in [5.74, 6) is -0.329. The first-order valence-corrected chi connectivity index (χ1v) is 8.57. The number of rotatable bonds is 3. The van der Waals surface area contributed by atoms with Crippen LogP contribution >= 0.6 is 11.6 Å². The second kappa shape index (κ2) is 6.14. The molecule has 0 saturated carbocycles. The Balaban J connectivity index is 1.56. The molecule has 1 N–H and O–H groups in total. The highest BCUT2D eigenvalue weighted by molar-refractivity contribution is 6.34. The lowest BCUT2D eigenvalue weighted by atomic mass is 9.99. The molecule has 2 heterocycles. The van der Waals surface area contributed by atoms with Crippen molar-refractivity contribution in [2.75, 3.05) is 13.6 Å². The van der Waals surface area contributed by atoms with E-state index in [1.807, 2.05) is 30.3 Å². The number of nitrogens with one attached hydrogen (secondary N) is 1. The van der Waals surface area contributed by atoms with Gasteiger partial charge in [0.05, 0.1) is 10.6 Å². The molecule has 0 atom stereocenters. The fourth-order valence-corrected chi connectivity index (χ4v) is 3.61. The maximum absolute atomic E-state index is 12.0. The van der Waals surface area contributed by atoms with Crippen molar-refractivity contribution in [2.24, 2.45) is 0 Å². The predicted octanol–water partition coefficient (Wildman–Crippen LogP) is 2.64. The summed E-state index contributed by atoms with van der Waals surface area (Å²) in [6.07, 6.45) is 0. The van der Waals surface area contributed by atoms with Gasteiger partial charge in [0.15, 0.2) is 0 Å². The zero-order valence-corrected chi connectivity index (χ0v) is 14.8. The van der Waals surface area contributed by atoms with E-state index in [1.54, 1.807) is 6.07 Å². The molecule has 7 heteroatoms. The maximum Gasteiger partial charge on any atom is 0.327 e. The minimum absolute atomic E-state index is 0.110. The lowest BCUT2D eigenvalue weighted by Crippen LogP contribution is -2.29. The lowest BCUT2D eigenvalue weighted by Gasteiger charge is -2.15. The van der Waals surface area contributed by atoms with Crippen LogP contribution in [0.5, 0.6) is 0 Å². The van der Waals surface area contributed by atoms with Crippen molar-refractivity contribution < 1.29 is 14.4 Å². The molecule has 132 valence electrons. The quantitative estimate of drug-likeness (QED) is 0.845. The minimum atomic E-state index is -0.276. The average Bonchev–Trinajstić information content (AvgIpc) is 3.11. The number of hydrogen-bond acceptors (Lipinski definition) is 3. The molecule has 0 aliphatic carbocycles. The van der Waals surface area contributed by atoms with Crippen LogP contribution in [0.15, 0.2) is 36.4 Å². The van der Waals surface area contributed by atoms with Gasteiger partial charge in [0.2, 0.25) is 5.91 Å². The number of likely N-dealkylation sites (N-methyl/N-ethyl adjacent to an activating group) is 1. The number of fused-ring (bicyclic) bond motifs is 1. The molecule has 4 amide bonds. The number of imide groups is 1. The van der Waals surface area contributed by atoms with E-state index in [0.717, 1.165) is 27.2 Å². The zero-order chi connectivity index (χ0) is 18.4. The number of carbonyl (C=O) groups is 3. The number of amides is 4. The number of carbonyl (C=O) groups excluding carboxylic acids is 3. The monoisotopic (exact) mass is 369 g/mol. The van der Waals surface area contributed by atoms with Gasteiger partial charge in [0.1, 0.15) is 6.54 Å². The van der Waals surface area contributed by atoms with Crippen molar-refractivity contribution in [2.45, 2.75) is 13.1 Å². The van der Waals surface area contributed by atoms with Crippen LogP contribution in [0.3, 0.4) is 0 Å². The van der Waals surface area contributed by atoms with E-state index >= 15 is 0 Å². The Morgan fingerprint density at radius 2 is 1.81 bits per heavy atom. The molecule has 0 unspecified atom stereocenters. The van der Waals surface area contributed by atoms with Gasteiger partial charge in [0.25, 0.3) is 5.91 Å². The Bertz CT molecular complexity index is 940. The molecule has 2 aromatic rings. The van der Waals surface area contributed by atoms with Crippen LogP contribution in [-0.2, 0) is 17.9 Å². The first-order chi connectivity index (χ1) is 12.4. The predicted molar refractivity (Wildman–Crippen MR) is 96.6 cm³/mol. The topological polar surface area (TPSA) is 69.7 Å². The van der Waals surface area contributed by atoms with Gasteiger partial charge in [0, 0.05) is 20.1 Å². The van der Waals surface area contributed by atoms with E-state index in [1.165, 1.54) is 11.9 Å². The third-order valence-corrected chi connectivity index (χ3v) is 5.05. The molecule has 2 aromatic carbocycles. The van der Waals surface area contributed by atoms with Gasteiger partial charge in [-0.2, -0.15) is 0 Å². The Kier molecular flexibility index (Phi) is 3.92. The standard InChI is InChI=1S/C19H16ClN3O3/c1-22-16(24)10-23(19(22)26)9-11-2-4-12(5-3-11)13-6-14-8-21-18(25)17(14)15(20)7-13/h2-7H,8-10H2,1H3,(H,21,25). The second-order valence-electron chi connectivity index (χ2n) is 6.46. The number of urea groups is 1. The number of halogens is 1. The van der Waals surface area contributed by atoms with Crippen molar-refractivity contribution in [3.05, 3.63) is 58.1 Å². The van der Waals surface area contributed by atoms with Crippen LogP contribution in [0.2, 0.25) is 5.02 Å². The molecule has 4 rings (SSSR count). The van der Waals surface area contributed by atoms with Gasteiger partial charge in [-0.1, -0.05) is 35.9 Å². The molecule has 2 aliphatic heterocycles. The minimum Gasteiger partial charge on any atom is -0.348 e. The summed E-state index contributed by atoms with van der Waals surface area (Å²) in [6, 6.07) is 11.2. The molecule has 1 fully saturated rings. The summed E-state index contributed by atoms with van der Waals surface area (Å²) < 4.78 is 0. The van der Waals surface area contributed by atoms with Crippen LogP contribution in [0.1, 0.15) is 21.5 Å². The second-order valence-corrected chi connectivity index (χ2v) is 6.87. The Morgan fingerprint density at radius 3 is 2.46 bits per heavy atom. The van der Waals surface area contributed by atoms with E-state index in [4.69, 9.17) is 11.6 Å².